The summed E-state index contributed by atoms with van der Waals surface area (Å²) in [6, 6.07) is 5.07. The first-order valence-corrected chi connectivity index (χ1v) is 10.5. The summed E-state index contributed by atoms with van der Waals surface area (Å²) in [6.07, 6.45) is 0.325. The van der Waals surface area contributed by atoms with Crippen LogP contribution in [0.15, 0.2) is 23.6 Å². The standard InChI is InChI=1S/C19H20ClN5O4S/c1-29-18(28)24-5-4-19(9-24)10-25(14-3-2-11(20)6-13(14)19)17(27)23-16-22-12(8-30-16)7-15(21)26/h2-3,6,8H,4-5,7,9-10H2,1H3,(H2,21,26)(H,22,23,27). The molecule has 11 heteroatoms. The quantitative estimate of drug-likeness (QED) is 0.746. The normalized spacial score (nSPS) is 19.8. The Labute approximate surface area is 181 Å². The maximum atomic E-state index is 13.1. The number of carbonyl (C=O) groups is 3. The molecule has 0 aliphatic carbocycles. The van der Waals surface area contributed by atoms with Crippen LogP contribution >= 0.6 is 22.9 Å². The Bertz CT molecular complexity index is 1030. The number of ether oxygens (including phenoxy) is 1. The van der Waals surface area contributed by atoms with Gasteiger partial charge < -0.3 is 15.4 Å². The maximum Gasteiger partial charge on any atom is 0.409 e. The molecule has 1 aromatic heterocycles. The van der Waals surface area contributed by atoms with Gasteiger partial charge in [-0.15, -0.1) is 11.3 Å². The third kappa shape index (κ3) is 3.68. The predicted molar refractivity (Wildman–Crippen MR) is 113 cm³/mol. The van der Waals surface area contributed by atoms with Crippen molar-refractivity contribution < 1.29 is 19.1 Å². The lowest BCUT2D eigenvalue weighted by Gasteiger charge is -2.25. The smallest absolute Gasteiger partial charge is 0.409 e. The number of rotatable bonds is 3. The van der Waals surface area contributed by atoms with Crippen molar-refractivity contribution in [1.29, 1.82) is 0 Å². The maximum absolute atomic E-state index is 13.1. The number of hydrogen-bond donors (Lipinski definition) is 2. The van der Waals surface area contributed by atoms with Crippen LogP contribution in [-0.4, -0.2) is 54.7 Å². The number of halogens is 1. The van der Waals surface area contributed by atoms with E-state index in [-0.39, 0.29) is 18.5 Å². The van der Waals surface area contributed by atoms with Crippen molar-refractivity contribution >= 4 is 51.8 Å². The number of primary amides is 1. The summed E-state index contributed by atoms with van der Waals surface area (Å²) in [5.74, 6) is -0.484. The lowest BCUT2D eigenvalue weighted by atomic mass is 9.81. The van der Waals surface area contributed by atoms with E-state index in [9.17, 15) is 14.4 Å². The minimum atomic E-state index is -0.484. The third-order valence-electron chi connectivity index (χ3n) is 5.43. The third-order valence-corrected chi connectivity index (χ3v) is 6.48. The van der Waals surface area contributed by atoms with Gasteiger partial charge in [0.05, 0.1) is 19.2 Å². The topological polar surface area (TPSA) is 118 Å². The van der Waals surface area contributed by atoms with Gasteiger partial charge in [-0.1, -0.05) is 11.6 Å². The Balaban J connectivity index is 1.58. The van der Waals surface area contributed by atoms with Crippen molar-refractivity contribution in [2.24, 2.45) is 5.73 Å². The van der Waals surface area contributed by atoms with Crippen LogP contribution in [0.4, 0.5) is 20.4 Å². The number of nitrogens with zero attached hydrogens (tertiary/aromatic N) is 3. The van der Waals surface area contributed by atoms with Crippen LogP contribution in [0.25, 0.3) is 0 Å². The SMILES string of the molecule is COC(=O)N1CCC2(C1)CN(C(=O)Nc1nc(CC(N)=O)cs1)c1ccc(Cl)cc12. The molecule has 1 saturated heterocycles. The summed E-state index contributed by atoms with van der Waals surface area (Å²) >= 11 is 7.47. The highest BCUT2D eigenvalue weighted by Crippen LogP contribution is 2.47. The molecule has 0 radical (unpaired) electrons. The molecule has 2 aromatic rings. The number of methoxy groups -OCH3 is 1. The van der Waals surface area contributed by atoms with Gasteiger partial charge in [0, 0.05) is 41.1 Å². The van der Waals surface area contributed by atoms with Crippen LogP contribution in [0.1, 0.15) is 17.7 Å². The minimum Gasteiger partial charge on any atom is -0.453 e. The summed E-state index contributed by atoms with van der Waals surface area (Å²) in [4.78, 5) is 43.6. The predicted octanol–water partition coefficient (Wildman–Crippen LogP) is 2.59. The van der Waals surface area contributed by atoms with E-state index in [0.29, 0.717) is 41.9 Å². The first-order chi connectivity index (χ1) is 14.3. The molecule has 2 aliphatic heterocycles. The zero-order valence-electron chi connectivity index (χ0n) is 16.2. The van der Waals surface area contributed by atoms with E-state index in [1.807, 2.05) is 12.1 Å². The Morgan fingerprint density at radius 2 is 2.17 bits per heavy atom. The number of carbonyl (C=O) groups excluding carboxylic acids is 3. The molecule has 1 aromatic carbocycles. The Morgan fingerprint density at radius 3 is 2.90 bits per heavy atom. The van der Waals surface area contributed by atoms with Crippen molar-refractivity contribution in [3.63, 3.8) is 0 Å². The average Bonchev–Trinajstić information content (AvgIpc) is 3.40. The first-order valence-electron chi connectivity index (χ1n) is 9.25. The van der Waals surface area contributed by atoms with Crippen LogP contribution < -0.4 is 16.0 Å². The number of likely N-dealkylation sites (tertiary alicyclic amines) is 1. The van der Waals surface area contributed by atoms with Gasteiger partial charge in [0.25, 0.3) is 0 Å². The molecule has 4 rings (SSSR count). The lowest BCUT2D eigenvalue weighted by molar-refractivity contribution is -0.117. The number of hydrogen-bond acceptors (Lipinski definition) is 6. The number of urea groups is 1. The summed E-state index contributed by atoms with van der Waals surface area (Å²) in [6.45, 7) is 1.38. The van der Waals surface area contributed by atoms with Gasteiger partial charge >= 0.3 is 12.1 Å². The van der Waals surface area contributed by atoms with Gasteiger partial charge in [-0.05, 0) is 30.2 Å². The zero-order valence-corrected chi connectivity index (χ0v) is 17.8. The monoisotopic (exact) mass is 449 g/mol. The Hall–Kier alpha value is -2.85. The molecule has 158 valence electrons. The molecule has 4 amide bonds. The number of benzene rings is 1. The van der Waals surface area contributed by atoms with Gasteiger partial charge in [-0.25, -0.2) is 14.6 Å². The molecule has 1 fully saturated rings. The van der Waals surface area contributed by atoms with Crippen LogP contribution in [0.5, 0.6) is 0 Å². The van der Waals surface area contributed by atoms with Crippen molar-refractivity contribution in [3.05, 3.63) is 39.9 Å². The van der Waals surface area contributed by atoms with E-state index >= 15 is 0 Å². The van der Waals surface area contributed by atoms with Gasteiger partial charge in [0.1, 0.15) is 0 Å². The number of aromatic nitrogens is 1. The molecular formula is C19H20ClN5O4S. The second-order valence-electron chi connectivity index (χ2n) is 7.39. The van der Waals surface area contributed by atoms with Gasteiger partial charge in [0.2, 0.25) is 5.91 Å². The zero-order chi connectivity index (χ0) is 21.5. The second kappa shape index (κ2) is 7.77. The van der Waals surface area contributed by atoms with E-state index < -0.39 is 11.3 Å². The summed E-state index contributed by atoms with van der Waals surface area (Å²) < 4.78 is 4.86. The fourth-order valence-corrected chi connectivity index (χ4v) is 4.98. The molecule has 3 N–H and O–H groups in total. The number of thiazole rings is 1. The number of amides is 4. The van der Waals surface area contributed by atoms with E-state index in [4.69, 9.17) is 22.1 Å². The van der Waals surface area contributed by atoms with Gasteiger partial charge in [0.15, 0.2) is 5.13 Å². The Kier molecular flexibility index (Phi) is 5.29. The number of fused-ring (bicyclic) bond motifs is 2. The van der Waals surface area contributed by atoms with Gasteiger partial charge in [-0.2, -0.15) is 0 Å². The summed E-state index contributed by atoms with van der Waals surface area (Å²) in [5, 5.41) is 5.43. The second-order valence-corrected chi connectivity index (χ2v) is 8.68. The molecule has 1 atom stereocenters. The molecule has 1 spiro atoms. The summed E-state index contributed by atoms with van der Waals surface area (Å²) in [7, 11) is 1.35. The number of nitrogens with two attached hydrogens (primary N) is 1. The molecule has 1 unspecified atom stereocenters. The van der Waals surface area contributed by atoms with Crippen LogP contribution in [0, 0.1) is 0 Å². The van der Waals surface area contributed by atoms with Crippen molar-refractivity contribution in [2.75, 3.05) is 37.0 Å². The minimum absolute atomic E-state index is 0.0177. The highest BCUT2D eigenvalue weighted by Gasteiger charge is 2.50. The van der Waals surface area contributed by atoms with E-state index in [1.165, 1.54) is 18.4 Å². The van der Waals surface area contributed by atoms with Gasteiger partial charge in [-0.3, -0.25) is 15.0 Å². The van der Waals surface area contributed by atoms with Crippen LogP contribution in [0.3, 0.4) is 0 Å². The highest BCUT2D eigenvalue weighted by atomic mass is 35.5. The molecular weight excluding hydrogens is 430 g/mol. The largest absolute Gasteiger partial charge is 0.453 e. The lowest BCUT2D eigenvalue weighted by Crippen LogP contribution is -2.41. The van der Waals surface area contributed by atoms with Crippen molar-refractivity contribution in [3.8, 4) is 0 Å². The highest BCUT2D eigenvalue weighted by molar-refractivity contribution is 7.14. The van der Waals surface area contributed by atoms with E-state index in [2.05, 4.69) is 10.3 Å². The fourth-order valence-electron chi connectivity index (χ4n) is 4.11. The Morgan fingerprint density at radius 1 is 1.37 bits per heavy atom. The number of nitrogens with one attached hydrogen (secondary N) is 1. The van der Waals surface area contributed by atoms with Crippen molar-refractivity contribution in [1.82, 2.24) is 9.88 Å². The van der Waals surface area contributed by atoms with Crippen LogP contribution in [-0.2, 0) is 21.4 Å². The molecule has 0 bridgehead atoms. The fraction of sp³-hybridized carbons (Fsp3) is 0.368. The molecule has 30 heavy (non-hydrogen) atoms. The first kappa shape index (κ1) is 20.4. The molecule has 2 aliphatic rings. The summed E-state index contributed by atoms with van der Waals surface area (Å²) in [5.41, 5.74) is 6.97. The number of anilines is 2. The molecule has 0 saturated carbocycles. The van der Waals surface area contributed by atoms with E-state index in [1.54, 1.807) is 21.2 Å². The average molecular weight is 450 g/mol. The van der Waals surface area contributed by atoms with Crippen molar-refractivity contribution in [2.45, 2.75) is 18.3 Å². The molecule has 3 heterocycles. The van der Waals surface area contributed by atoms with Crippen LogP contribution in [0.2, 0.25) is 5.02 Å². The van der Waals surface area contributed by atoms with E-state index in [0.717, 1.165) is 11.3 Å². The molecule has 9 nitrogen and oxygen atoms in total.